The number of hydrogen-bond acceptors (Lipinski definition) is 2. The lowest BCUT2D eigenvalue weighted by atomic mass is 10.1. The Balaban J connectivity index is 3.02. The van der Waals surface area contributed by atoms with E-state index < -0.39 is 10.6 Å². The van der Waals surface area contributed by atoms with Crippen molar-refractivity contribution in [2.45, 2.75) is 18.7 Å². The molecular formula is C11H12BrFO2. The maximum absolute atomic E-state index is 13.2. The fourth-order valence-electron chi connectivity index (χ4n) is 1.22. The first-order chi connectivity index (χ1) is 7.04. The zero-order valence-corrected chi connectivity index (χ0v) is 10.2. The molecule has 1 rings (SSSR count). The number of carbonyl (C=O) groups is 1. The van der Waals surface area contributed by atoms with Crippen LogP contribution >= 0.6 is 15.9 Å². The predicted octanol–water partition coefficient (Wildman–Crippen LogP) is 3.25. The van der Waals surface area contributed by atoms with E-state index in [4.69, 9.17) is 4.74 Å². The Labute approximate surface area is 96.6 Å². The fourth-order valence-corrected chi connectivity index (χ4v) is 1.48. The molecule has 1 aromatic rings. The molecule has 15 heavy (non-hydrogen) atoms. The van der Waals surface area contributed by atoms with Gasteiger partial charge in [0.2, 0.25) is 0 Å². The topological polar surface area (TPSA) is 26.3 Å². The van der Waals surface area contributed by atoms with Crippen molar-refractivity contribution in [3.8, 4) is 5.75 Å². The average Bonchev–Trinajstić information content (AvgIpc) is 2.16. The smallest absolute Gasteiger partial charge is 0.147 e. The molecule has 0 aliphatic carbocycles. The summed E-state index contributed by atoms with van der Waals surface area (Å²) < 4.78 is 18.3. The molecule has 0 bridgehead atoms. The normalized spacial score (nSPS) is 12.3. The summed E-state index contributed by atoms with van der Waals surface area (Å²) in [5.74, 6) is -0.0251. The van der Waals surface area contributed by atoms with E-state index in [0.717, 1.165) is 0 Å². The average molecular weight is 275 g/mol. The maximum atomic E-state index is 13.2. The number of ketones is 1. The van der Waals surface area contributed by atoms with Gasteiger partial charge in [0.05, 0.1) is 11.4 Å². The van der Waals surface area contributed by atoms with Crippen LogP contribution in [0.4, 0.5) is 4.39 Å². The van der Waals surface area contributed by atoms with Crippen LogP contribution in [-0.2, 0) is 4.79 Å². The molecule has 0 spiro atoms. The molecule has 0 saturated carbocycles. The first kappa shape index (κ1) is 12.2. The van der Waals surface area contributed by atoms with Gasteiger partial charge in [0, 0.05) is 6.07 Å². The molecule has 4 heteroatoms. The highest BCUT2D eigenvalue weighted by atomic mass is 79.9. The second-order valence-corrected chi connectivity index (χ2v) is 4.04. The number of alkyl halides is 1. The van der Waals surface area contributed by atoms with E-state index in [0.29, 0.717) is 17.9 Å². The van der Waals surface area contributed by atoms with Crippen molar-refractivity contribution in [1.82, 2.24) is 0 Å². The van der Waals surface area contributed by atoms with Crippen LogP contribution in [0.15, 0.2) is 18.2 Å². The van der Waals surface area contributed by atoms with E-state index in [2.05, 4.69) is 15.9 Å². The van der Waals surface area contributed by atoms with Crippen molar-refractivity contribution < 1.29 is 13.9 Å². The third-order valence-corrected chi connectivity index (χ3v) is 3.03. The fraction of sp³-hybridized carbons (Fsp3) is 0.364. The van der Waals surface area contributed by atoms with Crippen molar-refractivity contribution in [3.63, 3.8) is 0 Å². The molecule has 82 valence electrons. The highest BCUT2D eigenvalue weighted by Crippen LogP contribution is 2.28. The van der Waals surface area contributed by atoms with Crippen molar-refractivity contribution in [2.75, 3.05) is 6.61 Å². The van der Waals surface area contributed by atoms with Gasteiger partial charge in [0.15, 0.2) is 0 Å². The predicted molar refractivity (Wildman–Crippen MR) is 59.9 cm³/mol. The maximum Gasteiger partial charge on any atom is 0.147 e. The lowest BCUT2D eigenvalue weighted by molar-refractivity contribution is -0.116. The summed E-state index contributed by atoms with van der Waals surface area (Å²) in [5, 5.41) is 0. The van der Waals surface area contributed by atoms with Gasteiger partial charge < -0.3 is 4.74 Å². The van der Waals surface area contributed by atoms with Crippen LogP contribution in [0.25, 0.3) is 0 Å². The van der Waals surface area contributed by atoms with Gasteiger partial charge in [-0.05, 0) is 31.5 Å². The molecule has 0 amide bonds. The second kappa shape index (κ2) is 5.26. The Hall–Kier alpha value is -0.900. The van der Waals surface area contributed by atoms with E-state index in [1.165, 1.54) is 19.1 Å². The van der Waals surface area contributed by atoms with Gasteiger partial charge >= 0.3 is 0 Å². The molecule has 1 atom stereocenters. The molecule has 1 unspecified atom stereocenters. The van der Waals surface area contributed by atoms with E-state index >= 15 is 0 Å². The summed E-state index contributed by atoms with van der Waals surface area (Å²) in [7, 11) is 0. The zero-order chi connectivity index (χ0) is 11.4. The SMILES string of the molecule is CCOc1cc(F)cc(C(Br)C(C)=O)c1. The Morgan fingerprint density at radius 2 is 2.20 bits per heavy atom. The highest BCUT2D eigenvalue weighted by molar-refractivity contribution is 9.09. The molecule has 0 N–H and O–H groups in total. The molecule has 0 aliphatic rings. The summed E-state index contributed by atoms with van der Waals surface area (Å²) in [5.41, 5.74) is 0.575. The molecule has 1 aromatic carbocycles. The number of carbonyl (C=O) groups excluding carboxylic acids is 1. The van der Waals surface area contributed by atoms with Gasteiger partial charge in [0.1, 0.15) is 17.3 Å². The third kappa shape index (κ3) is 3.30. The highest BCUT2D eigenvalue weighted by Gasteiger charge is 2.14. The molecule has 2 nitrogen and oxygen atoms in total. The van der Waals surface area contributed by atoms with Gasteiger partial charge in [-0.3, -0.25) is 4.79 Å². The minimum absolute atomic E-state index is 0.0666. The summed E-state index contributed by atoms with van der Waals surface area (Å²) in [6.45, 7) is 3.74. The Morgan fingerprint density at radius 3 is 2.73 bits per heavy atom. The molecule has 0 aromatic heterocycles. The molecular weight excluding hydrogens is 263 g/mol. The van der Waals surface area contributed by atoms with Gasteiger partial charge in [-0.25, -0.2) is 4.39 Å². The minimum atomic E-state index is -0.479. The van der Waals surface area contributed by atoms with Gasteiger partial charge in [-0.2, -0.15) is 0 Å². The van der Waals surface area contributed by atoms with Gasteiger partial charge in [0.25, 0.3) is 0 Å². The lowest BCUT2D eigenvalue weighted by Crippen LogP contribution is -2.02. The van der Waals surface area contributed by atoms with E-state index in [-0.39, 0.29) is 5.78 Å². The third-order valence-electron chi connectivity index (χ3n) is 1.85. The Kier molecular flexibility index (Phi) is 4.27. The number of ether oxygens (including phenoxy) is 1. The molecule has 0 fully saturated rings. The zero-order valence-electron chi connectivity index (χ0n) is 8.59. The van der Waals surface area contributed by atoms with Crippen LogP contribution in [-0.4, -0.2) is 12.4 Å². The summed E-state index contributed by atoms with van der Waals surface area (Å²) in [6, 6.07) is 4.28. The van der Waals surface area contributed by atoms with Crippen molar-refractivity contribution >= 4 is 21.7 Å². The van der Waals surface area contributed by atoms with Crippen LogP contribution in [0.3, 0.4) is 0 Å². The molecule has 0 heterocycles. The first-order valence-corrected chi connectivity index (χ1v) is 5.54. The van der Waals surface area contributed by atoms with Crippen LogP contribution < -0.4 is 4.74 Å². The first-order valence-electron chi connectivity index (χ1n) is 4.62. The number of rotatable bonds is 4. The van der Waals surface area contributed by atoms with Gasteiger partial charge in [-0.1, -0.05) is 15.9 Å². The van der Waals surface area contributed by atoms with Crippen LogP contribution in [0, 0.1) is 5.82 Å². The van der Waals surface area contributed by atoms with E-state index in [1.54, 1.807) is 6.07 Å². The van der Waals surface area contributed by atoms with E-state index in [9.17, 15) is 9.18 Å². The standard InChI is InChI=1S/C11H12BrFO2/c1-3-15-10-5-8(4-9(13)6-10)11(12)7(2)14/h4-6,11H,3H2,1-2H3. The van der Waals surface area contributed by atoms with Crippen LogP contribution in [0.1, 0.15) is 24.2 Å². The summed E-state index contributed by atoms with van der Waals surface area (Å²) in [4.78, 5) is 10.6. The summed E-state index contributed by atoms with van der Waals surface area (Å²) in [6.07, 6.45) is 0. The number of benzene rings is 1. The second-order valence-electron chi connectivity index (χ2n) is 3.13. The molecule has 0 saturated heterocycles. The van der Waals surface area contributed by atoms with Crippen LogP contribution in [0.5, 0.6) is 5.75 Å². The molecule has 0 radical (unpaired) electrons. The van der Waals surface area contributed by atoms with Gasteiger partial charge in [-0.15, -0.1) is 0 Å². The number of hydrogen-bond donors (Lipinski definition) is 0. The minimum Gasteiger partial charge on any atom is -0.494 e. The summed E-state index contributed by atoms with van der Waals surface area (Å²) >= 11 is 3.20. The number of Topliss-reactive ketones (excluding diaryl/α,β-unsaturated/α-hetero) is 1. The molecule has 0 aliphatic heterocycles. The van der Waals surface area contributed by atoms with E-state index in [1.807, 2.05) is 6.92 Å². The van der Waals surface area contributed by atoms with Crippen molar-refractivity contribution in [3.05, 3.63) is 29.6 Å². The Morgan fingerprint density at radius 1 is 1.53 bits per heavy atom. The quantitative estimate of drug-likeness (QED) is 0.788. The Bertz CT molecular complexity index is 366. The number of halogens is 2. The largest absolute Gasteiger partial charge is 0.494 e. The monoisotopic (exact) mass is 274 g/mol. The lowest BCUT2D eigenvalue weighted by Gasteiger charge is -2.09. The van der Waals surface area contributed by atoms with Crippen molar-refractivity contribution in [2.24, 2.45) is 0 Å². The van der Waals surface area contributed by atoms with Crippen LogP contribution in [0.2, 0.25) is 0 Å². The van der Waals surface area contributed by atoms with Crippen molar-refractivity contribution in [1.29, 1.82) is 0 Å².